The molecule has 2 aromatic rings. The molecule has 2 aromatic carbocycles. The molecule has 0 spiro atoms. The van der Waals surface area contributed by atoms with Crippen molar-refractivity contribution in [2.24, 2.45) is 0 Å². The molecule has 1 aliphatic rings. The van der Waals surface area contributed by atoms with E-state index < -0.39 is 11.6 Å². The number of ketones is 2. The minimum absolute atomic E-state index is 0.0638. The van der Waals surface area contributed by atoms with Crippen LogP contribution in [0.4, 0.5) is 0 Å². The standard InChI is InChI=1S/C18H14O3/c19-16-13-8-4-5-9-14(13)17(20)18(21)15(16)11-10-12-6-2-1-3-7-12/h1-9,19H,10-11H2. The third-order valence-electron chi connectivity index (χ3n) is 3.70. The molecular weight excluding hydrogens is 264 g/mol. The van der Waals surface area contributed by atoms with Crippen LogP contribution in [0.2, 0.25) is 0 Å². The summed E-state index contributed by atoms with van der Waals surface area (Å²) in [6.45, 7) is 0. The summed E-state index contributed by atoms with van der Waals surface area (Å²) in [4.78, 5) is 24.2. The van der Waals surface area contributed by atoms with Gasteiger partial charge in [0.15, 0.2) is 0 Å². The van der Waals surface area contributed by atoms with E-state index >= 15 is 0 Å². The van der Waals surface area contributed by atoms with Gasteiger partial charge in [0.2, 0.25) is 11.6 Å². The van der Waals surface area contributed by atoms with E-state index in [0.29, 0.717) is 18.4 Å². The number of carbonyl (C=O) groups is 2. The van der Waals surface area contributed by atoms with Crippen LogP contribution in [-0.2, 0) is 11.2 Å². The first kappa shape index (κ1) is 13.3. The fourth-order valence-electron chi connectivity index (χ4n) is 2.56. The highest BCUT2D eigenvalue weighted by Gasteiger charge is 2.31. The summed E-state index contributed by atoms with van der Waals surface area (Å²) in [6.07, 6.45) is 0.968. The SMILES string of the molecule is O=C1C(=O)c2ccccc2C(O)=C1CCc1ccccc1. The molecule has 0 saturated carbocycles. The number of aliphatic hydroxyl groups excluding tert-OH is 1. The van der Waals surface area contributed by atoms with Crippen molar-refractivity contribution in [3.8, 4) is 0 Å². The second-order valence-electron chi connectivity index (χ2n) is 5.02. The molecule has 3 heteroatoms. The molecule has 0 atom stereocenters. The normalized spacial score (nSPS) is 14.3. The van der Waals surface area contributed by atoms with Crippen LogP contribution in [0.15, 0.2) is 60.2 Å². The van der Waals surface area contributed by atoms with E-state index in [9.17, 15) is 14.7 Å². The molecule has 104 valence electrons. The number of aliphatic hydroxyl groups is 1. The summed E-state index contributed by atoms with van der Waals surface area (Å²) in [6, 6.07) is 16.4. The van der Waals surface area contributed by atoms with Crippen molar-refractivity contribution in [1.29, 1.82) is 0 Å². The molecule has 0 aliphatic heterocycles. The highest BCUT2D eigenvalue weighted by molar-refractivity contribution is 6.52. The summed E-state index contributed by atoms with van der Waals surface area (Å²) in [7, 11) is 0. The van der Waals surface area contributed by atoms with E-state index in [1.54, 1.807) is 24.3 Å². The van der Waals surface area contributed by atoms with Crippen LogP contribution in [0.3, 0.4) is 0 Å². The highest BCUT2D eigenvalue weighted by Crippen LogP contribution is 2.29. The van der Waals surface area contributed by atoms with Gasteiger partial charge in [-0.3, -0.25) is 9.59 Å². The number of allylic oxidation sites excluding steroid dienone is 1. The Labute approximate surface area is 122 Å². The Morgan fingerprint density at radius 1 is 0.714 bits per heavy atom. The van der Waals surface area contributed by atoms with Crippen molar-refractivity contribution in [3.63, 3.8) is 0 Å². The Morgan fingerprint density at radius 2 is 1.33 bits per heavy atom. The first-order valence-corrected chi connectivity index (χ1v) is 6.83. The van der Waals surface area contributed by atoms with Crippen LogP contribution in [0.5, 0.6) is 0 Å². The molecule has 0 amide bonds. The zero-order chi connectivity index (χ0) is 14.8. The minimum Gasteiger partial charge on any atom is -0.507 e. The number of rotatable bonds is 3. The predicted molar refractivity (Wildman–Crippen MR) is 80.1 cm³/mol. The Hall–Kier alpha value is -2.68. The largest absolute Gasteiger partial charge is 0.507 e. The molecular formula is C18H14O3. The molecule has 0 aromatic heterocycles. The van der Waals surface area contributed by atoms with Gasteiger partial charge in [0.1, 0.15) is 5.76 Å². The lowest BCUT2D eigenvalue weighted by Gasteiger charge is -2.17. The van der Waals surface area contributed by atoms with Gasteiger partial charge < -0.3 is 5.11 Å². The van der Waals surface area contributed by atoms with E-state index in [1.165, 1.54) is 0 Å². The van der Waals surface area contributed by atoms with Gasteiger partial charge >= 0.3 is 0 Å². The second kappa shape index (κ2) is 5.37. The molecule has 21 heavy (non-hydrogen) atoms. The molecule has 0 saturated heterocycles. The van der Waals surface area contributed by atoms with Crippen molar-refractivity contribution in [2.45, 2.75) is 12.8 Å². The van der Waals surface area contributed by atoms with E-state index in [1.807, 2.05) is 30.3 Å². The maximum Gasteiger partial charge on any atom is 0.234 e. The van der Waals surface area contributed by atoms with Crippen molar-refractivity contribution < 1.29 is 14.7 Å². The van der Waals surface area contributed by atoms with Gasteiger partial charge in [-0.15, -0.1) is 0 Å². The summed E-state index contributed by atoms with van der Waals surface area (Å²) in [5, 5.41) is 10.3. The lowest BCUT2D eigenvalue weighted by Crippen LogP contribution is -2.24. The van der Waals surface area contributed by atoms with E-state index in [-0.39, 0.29) is 16.9 Å². The number of aryl methyl sites for hydroxylation is 1. The average molecular weight is 278 g/mol. The first-order chi connectivity index (χ1) is 10.2. The smallest absolute Gasteiger partial charge is 0.234 e. The topological polar surface area (TPSA) is 54.4 Å². The molecule has 0 heterocycles. The van der Waals surface area contributed by atoms with Crippen LogP contribution in [0.25, 0.3) is 5.76 Å². The predicted octanol–water partition coefficient (Wildman–Crippen LogP) is 3.35. The van der Waals surface area contributed by atoms with Gasteiger partial charge in [0.05, 0.1) is 0 Å². The van der Waals surface area contributed by atoms with Gasteiger partial charge in [0, 0.05) is 16.7 Å². The average Bonchev–Trinajstić information content (AvgIpc) is 2.54. The number of carbonyl (C=O) groups excluding carboxylic acids is 2. The summed E-state index contributed by atoms with van der Waals surface area (Å²) in [5.74, 6) is -1.19. The van der Waals surface area contributed by atoms with Crippen LogP contribution in [0, 0.1) is 0 Å². The summed E-state index contributed by atoms with van der Waals surface area (Å²) < 4.78 is 0. The van der Waals surface area contributed by atoms with E-state index in [0.717, 1.165) is 5.56 Å². The molecule has 0 radical (unpaired) electrons. The van der Waals surface area contributed by atoms with Crippen LogP contribution < -0.4 is 0 Å². The van der Waals surface area contributed by atoms with Crippen molar-refractivity contribution in [2.75, 3.05) is 0 Å². The molecule has 0 unspecified atom stereocenters. The Morgan fingerprint density at radius 3 is 2.05 bits per heavy atom. The van der Waals surface area contributed by atoms with Crippen LogP contribution >= 0.6 is 0 Å². The molecule has 3 nitrogen and oxygen atoms in total. The second-order valence-corrected chi connectivity index (χ2v) is 5.02. The van der Waals surface area contributed by atoms with Gasteiger partial charge in [-0.1, -0.05) is 54.6 Å². The summed E-state index contributed by atoms with van der Waals surface area (Å²) >= 11 is 0. The number of benzene rings is 2. The van der Waals surface area contributed by atoms with Crippen molar-refractivity contribution in [1.82, 2.24) is 0 Å². The van der Waals surface area contributed by atoms with E-state index in [4.69, 9.17) is 0 Å². The first-order valence-electron chi connectivity index (χ1n) is 6.83. The molecule has 0 bridgehead atoms. The summed E-state index contributed by atoms with van der Waals surface area (Å²) in [5.41, 5.74) is 2.01. The van der Waals surface area contributed by atoms with Crippen LogP contribution in [-0.4, -0.2) is 16.7 Å². The molecule has 1 aliphatic carbocycles. The molecule has 0 fully saturated rings. The quantitative estimate of drug-likeness (QED) is 0.876. The van der Waals surface area contributed by atoms with Gasteiger partial charge in [0.25, 0.3) is 0 Å². The van der Waals surface area contributed by atoms with Crippen molar-refractivity contribution >= 4 is 17.3 Å². The minimum atomic E-state index is -0.595. The zero-order valence-electron chi connectivity index (χ0n) is 11.4. The maximum absolute atomic E-state index is 12.2. The van der Waals surface area contributed by atoms with Gasteiger partial charge in [-0.25, -0.2) is 0 Å². The molecule has 1 N–H and O–H groups in total. The monoisotopic (exact) mass is 278 g/mol. The number of hydrogen-bond donors (Lipinski definition) is 1. The van der Waals surface area contributed by atoms with Crippen molar-refractivity contribution in [3.05, 3.63) is 76.9 Å². The highest BCUT2D eigenvalue weighted by atomic mass is 16.3. The number of hydrogen-bond acceptors (Lipinski definition) is 3. The fourth-order valence-corrected chi connectivity index (χ4v) is 2.56. The van der Waals surface area contributed by atoms with Gasteiger partial charge in [-0.05, 0) is 18.4 Å². The third kappa shape index (κ3) is 2.38. The molecule has 3 rings (SSSR count). The van der Waals surface area contributed by atoms with Gasteiger partial charge in [-0.2, -0.15) is 0 Å². The third-order valence-corrected chi connectivity index (χ3v) is 3.70. The lowest BCUT2D eigenvalue weighted by atomic mass is 9.86. The Kier molecular flexibility index (Phi) is 3.40. The van der Waals surface area contributed by atoms with E-state index in [2.05, 4.69) is 0 Å². The maximum atomic E-state index is 12.2. The zero-order valence-corrected chi connectivity index (χ0v) is 11.4. The number of Topliss-reactive ketones (excluding diaryl/α,β-unsaturated/α-hetero) is 2. The number of fused-ring (bicyclic) bond motifs is 1. The Bertz CT molecular complexity index is 742. The fraction of sp³-hybridized carbons (Fsp3) is 0.111. The van der Waals surface area contributed by atoms with Crippen LogP contribution in [0.1, 0.15) is 27.9 Å². The lowest BCUT2D eigenvalue weighted by molar-refractivity contribution is -0.112. The Balaban J connectivity index is 1.94.